The molecule has 2 aromatic heterocycles. The number of hydrogen-bond acceptors (Lipinski definition) is 4. The van der Waals surface area contributed by atoms with E-state index in [1.54, 1.807) is 6.33 Å². The molecule has 0 radical (unpaired) electrons. The van der Waals surface area contributed by atoms with Crippen LogP contribution in [-0.2, 0) is 19.3 Å². The molecular formula is C22H27N3S. The smallest absolute Gasteiger partial charge is 0.142 e. The van der Waals surface area contributed by atoms with Crippen molar-refractivity contribution in [1.82, 2.24) is 9.97 Å². The topological polar surface area (TPSA) is 37.8 Å². The molecule has 136 valence electrons. The van der Waals surface area contributed by atoms with Gasteiger partial charge in [0.2, 0.25) is 0 Å². The van der Waals surface area contributed by atoms with Crippen LogP contribution in [0.2, 0.25) is 0 Å². The van der Waals surface area contributed by atoms with Crippen LogP contribution >= 0.6 is 11.3 Å². The fraction of sp³-hybridized carbons (Fsp3) is 0.455. The third-order valence-electron chi connectivity index (χ3n) is 5.69. The zero-order valence-electron chi connectivity index (χ0n) is 16.1. The Morgan fingerprint density at radius 3 is 2.62 bits per heavy atom. The molecule has 0 aliphatic heterocycles. The highest BCUT2D eigenvalue weighted by Crippen LogP contribution is 2.44. The molecule has 3 nitrogen and oxygen atoms in total. The lowest BCUT2D eigenvalue weighted by atomic mass is 9.72. The van der Waals surface area contributed by atoms with E-state index < -0.39 is 0 Å². The average molecular weight is 366 g/mol. The summed E-state index contributed by atoms with van der Waals surface area (Å²) in [6, 6.07) is 8.64. The van der Waals surface area contributed by atoms with Gasteiger partial charge in [0.25, 0.3) is 0 Å². The van der Waals surface area contributed by atoms with Gasteiger partial charge in [-0.3, -0.25) is 0 Å². The molecular weight excluding hydrogens is 338 g/mol. The molecule has 1 aliphatic rings. The molecule has 26 heavy (non-hydrogen) atoms. The monoisotopic (exact) mass is 365 g/mol. The summed E-state index contributed by atoms with van der Waals surface area (Å²) in [4.78, 5) is 11.8. The van der Waals surface area contributed by atoms with Crippen molar-refractivity contribution in [3.05, 3.63) is 46.6 Å². The lowest BCUT2D eigenvalue weighted by molar-refractivity contribution is 0.218. The molecule has 1 N–H and O–H groups in total. The Kier molecular flexibility index (Phi) is 4.47. The summed E-state index contributed by atoms with van der Waals surface area (Å²) in [7, 11) is 0. The Labute approximate surface area is 159 Å². The van der Waals surface area contributed by atoms with Crippen molar-refractivity contribution in [1.29, 1.82) is 0 Å². The quantitative estimate of drug-likeness (QED) is 0.605. The van der Waals surface area contributed by atoms with E-state index in [1.165, 1.54) is 34.2 Å². The van der Waals surface area contributed by atoms with Gasteiger partial charge in [0, 0.05) is 10.6 Å². The summed E-state index contributed by atoms with van der Waals surface area (Å²) >= 11 is 1.86. The number of nitrogens with one attached hydrogen (secondary N) is 1. The van der Waals surface area contributed by atoms with Gasteiger partial charge in [-0.25, -0.2) is 9.97 Å². The van der Waals surface area contributed by atoms with E-state index in [-0.39, 0.29) is 0 Å². The van der Waals surface area contributed by atoms with Gasteiger partial charge in [-0.05, 0) is 60.3 Å². The molecule has 0 saturated heterocycles. The first-order valence-electron chi connectivity index (χ1n) is 9.57. The van der Waals surface area contributed by atoms with Gasteiger partial charge in [-0.1, -0.05) is 39.8 Å². The van der Waals surface area contributed by atoms with Crippen molar-refractivity contribution in [2.75, 3.05) is 5.32 Å². The number of benzene rings is 1. The largest absolute Gasteiger partial charge is 0.340 e. The predicted molar refractivity (Wildman–Crippen MR) is 111 cm³/mol. The van der Waals surface area contributed by atoms with E-state index in [2.05, 4.69) is 67.2 Å². The van der Waals surface area contributed by atoms with Gasteiger partial charge in [0.15, 0.2) is 0 Å². The molecule has 1 atom stereocenters. The van der Waals surface area contributed by atoms with E-state index in [4.69, 9.17) is 0 Å². The third-order valence-corrected chi connectivity index (χ3v) is 6.86. The number of rotatable bonds is 3. The maximum atomic E-state index is 4.58. The highest BCUT2D eigenvalue weighted by molar-refractivity contribution is 7.19. The molecule has 4 heteroatoms. The Balaban J connectivity index is 1.70. The van der Waals surface area contributed by atoms with Crippen molar-refractivity contribution < 1.29 is 0 Å². The lowest BCUT2D eigenvalue weighted by Crippen LogP contribution is -2.26. The minimum absolute atomic E-state index is 0.363. The first-order valence-corrected chi connectivity index (χ1v) is 10.4. The second kappa shape index (κ2) is 6.66. The van der Waals surface area contributed by atoms with Crippen molar-refractivity contribution in [3.63, 3.8) is 0 Å². The fourth-order valence-corrected chi connectivity index (χ4v) is 5.17. The van der Waals surface area contributed by atoms with Crippen molar-refractivity contribution >= 4 is 33.1 Å². The van der Waals surface area contributed by atoms with Gasteiger partial charge in [0.1, 0.15) is 17.0 Å². The fourth-order valence-electron chi connectivity index (χ4n) is 3.90. The summed E-state index contributed by atoms with van der Waals surface area (Å²) in [6.45, 7) is 9.27. The minimum atomic E-state index is 0.363. The molecule has 0 spiro atoms. The van der Waals surface area contributed by atoms with Crippen LogP contribution in [-0.4, -0.2) is 9.97 Å². The highest BCUT2D eigenvalue weighted by Gasteiger charge is 2.31. The molecule has 2 heterocycles. The maximum Gasteiger partial charge on any atom is 0.142 e. The zero-order chi connectivity index (χ0) is 18.3. The van der Waals surface area contributed by atoms with Crippen molar-refractivity contribution in [2.45, 2.75) is 53.4 Å². The Morgan fingerprint density at radius 2 is 1.92 bits per heavy atom. The van der Waals surface area contributed by atoms with E-state index in [0.717, 1.165) is 35.1 Å². The number of fused-ring (bicyclic) bond motifs is 3. The standard InChI is InChI=1S/C22H27N3S/c1-5-14-6-9-16(10-7-14)25-20-19-17-11-8-15(22(2,3)4)12-18(17)26-21(19)24-13-23-20/h6-7,9-10,13,15H,5,8,11-12H2,1-4H3,(H,23,24,25). The molecule has 0 saturated carbocycles. The van der Waals surface area contributed by atoms with Gasteiger partial charge in [-0.15, -0.1) is 11.3 Å². The molecule has 4 rings (SSSR count). The highest BCUT2D eigenvalue weighted by atomic mass is 32.1. The van der Waals surface area contributed by atoms with Gasteiger partial charge in [0.05, 0.1) is 5.39 Å². The van der Waals surface area contributed by atoms with E-state index in [1.807, 2.05) is 11.3 Å². The van der Waals surface area contributed by atoms with Crippen LogP contribution in [0.25, 0.3) is 10.2 Å². The van der Waals surface area contributed by atoms with Gasteiger partial charge in [-0.2, -0.15) is 0 Å². The Hall–Kier alpha value is -1.94. The third kappa shape index (κ3) is 3.23. The minimum Gasteiger partial charge on any atom is -0.340 e. The van der Waals surface area contributed by atoms with Crippen LogP contribution in [0.15, 0.2) is 30.6 Å². The first-order chi connectivity index (χ1) is 12.5. The number of nitrogens with zero attached hydrogens (tertiary/aromatic N) is 2. The van der Waals surface area contributed by atoms with E-state index >= 15 is 0 Å². The summed E-state index contributed by atoms with van der Waals surface area (Å²) in [5.41, 5.74) is 4.27. The summed E-state index contributed by atoms with van der Waals surface area (Å²) in [5.74, 6) is 1.69. The van der Waals surface area contributed by atoms with Crippen LogP contribution in [0.4, 0.5) is 11.5 Å². The van der Waals surface area contributed by atoms with Crippen LogP contribution in [0.3, 0.4) is 0 Å². The molecule has 1 aliphatic carbocycles. The second-order valence-electron chi connectivity index (χ2n) is 8.39. The molecule has 3 aromatic rings. The molecule has 0 fully saturated rings. The number of anilines is 2. The zero-order valence-corrected chi connectivity index (χ0v) is 16.9. The van der Waals surface area contributed by atoms with E-state index in [9.17, 15) is 0 Å². The summed E-state index contributed by atoms with van der Waals surface area (Å²) < 4.78 is 0. The second-order valence-corrected chi connectivity index (χ2v) is 9.47. The summed E-state index contributed by atoms with van der Waals surface area (Å²) in [6.07, 6.45) is 6.31. The van der Waals surface area contributed by atoms with Crippen LogP contribution in [0.1, 0.15) is 50.1 Å². The van der Waals surface area contributed by atoms with Crippen molar-refractivity contribution in [3.8, 4) is 0 Å². The molecule has 0 amide bonds. The van der Waals surface area contributed by atoms with Crippen molar-refractivity contribution in [2.24, 2.45) is 11.3 Å². The Morgan fingerprint density at radius 1 is 1.15 bits per heavy atom. The SMILES string of the molecule is CCc1ccc(Nc2ncnc3sc4c(c23)CCC(C(C)(C)C)C4)cc1. The number of thiophene rings is 1. The molecule has 0 bridgehead atoms. The van der Waals surface area contributed by atoms with Crippen LogP contribution < -0.4 is 5.32 Å². The number of aryl methyl sites for hydroxylation is 2. The van der Waals surface area contributed by atoms with Gasteiger partial charge < -0.3 is 5.32 Å². The lowest BCUT2D eigenvalue weighted by Gasteiger charge is -2.33. The number of hydrogen-bond donors (Lipinski definition) is 1. The molecule has 1 unspecified atom stereocenters. The molecule has 1 aromatic carbocycles. The van der Waals surface area contributed by atoms with Crippen LogP contribution in [0.5, 0.6) is 0 Å². The number of aromatic nitrogens is 2. The Bertz CT molecular complexity index is 919. The summed E-state index contributed by atoms with van der Waals surface area (Å²) in [5, 5.41) is 4.77. The van der Waals surface area contributed by atoms with E-state index in [0.29, 0.717) is 5.41 Å². The van der Waals surface area contributed by atoms with Crippen LogP contribution in [0, 0.1) is 11.3 Å². The average Bonchev–Trinajstić information content (AvgIpc) is 3.00. The normalized spacial score (nSPS) is 17.3. The maximum absolute atomic E-state index is 4.58. The first kappa shape index (κ1) is 17.5. The predicted octanol–water partition coefficient (Wildman–Crippen LogP) is 6.15. The van der Waals surface area contributed by atoms with Gasteiger partial charge >= 0.3 is 0 Å².